The zero-order valence-electron chi connectivity index (χ0n) is 6.33. The number of aromatic nitrogens is 3. The van der Waals surface area contributed by atoms with Crippen molar-refractivity contribution in [2.24, 2.45) is 0 Å². The zero-order valence-corrected chi connectivity index (χ0v) is 6.33. The summed E-state index contributed by atoms with van der Waals surface area (Å²) >= 11 is 0. The van der Waals surface area contributed by atoms with Gasteiger partial charge in [0.1, 0.15) is 0 Å². The predicted octanol–water partition coefficient (Wildman–Crippen LogP) is 1.80. The molecule has 11 heavy (non-hydrogen) atoms. The van der Waals surface area contributed by atoms with Crippen LogP contribution in [0.5, 0.6) is 0 Å². The lowest BCUT2D eigenvalue weighted by atomic mass is 10.2. The first-order chi connectivity index (χ1) is 5.11. The Labute approximate surface area is 63.0 Å². The summed E-state index contributed by atoms with van der Waals surface area (Å²) in [5, 5.41) is 6.82. The van der Waals surface area contributed by atoms with Crippen molar-refractivity contribution < 1.29 is 8.78 Å². The standard InChI is InChI=1S/C6H9F2N3/c1-4(2)5-3-11(6(7)8)10-9-5/h3-4,6H,1-2H3. The van der Waals surface area contributed by atoms with Crippen LogP contribution in [0.25, 0.3) is 0 Å². The van der Waals surface area contributed by atoms with E-state index in [0.29, 0.717) is 10.4 Å². The molecule has 1 heterocycles. The Bertz CT molecular complexity index is 209. The maximum atomic E-state index is 11.9. The molecule has 0 N–H and O–H groups in total. The maximum absolute atomic E-state index is 11.9. The van der Waals surface area contributed by atoms with Gasteiger partial charge < -0.3 is 0 Å². The quantitative estimate of drug-likeness (QED) is 0.662. The van der Waals surface area contributed by atoms with Crippen molar-refractivity contribution in [1.82, 2.24) is 15.0 Å². The summed E-state index contributed by atoms with van der Waals surface area (Å²) in [5.41, 5.74) is 0.588. The van der Waals surface area contributed by atoms with Crippen LogP contribution in [-0.4, -0.2) is 15.0 Å². The molecule has 1 aromatic rings. The normalized spacial score (nSPS) is 11.5. The van der Waals surface area contributed by atoms with E-state index in [1.54, 1.807) is 0 Å². The highest BCUT2D eigenvalue weighted by molar-refractivity contribution is 4.97. The molecule has 0 atom stereocenters. The van der Waals surface area contributed by atoms with Crippen LogP contribution in [0.15, 0.2) is 6.20 Å². The number of nitrogens with zero attached hydrogens (tertiary/aromatic N) is 3. The van der Waals surface area contributed by atoms with Crippen molar-refractivity contribution in [3.8, 4) is 0 Å². The van der Waals surface area contributed by atoms with Crippen LogP contribution in [0.2, 0.25) is 0 Å². The van der Waals surface area contributed by atoms with Crippen LogP contribution in [0.4, 0.5) is 8.78 Å². The fourth-order valence-corrected chi connectivity index (χ4v) is 0.650. The molecule has 0 aliphatic rings. The Morgan fingerprint density at radius 3 is 2.36 bits per heavy atom. The number of rotatable bonds is 2. The second kappa shape index (κ2) is 2.94. The molecule has 0 bridgehead atoms. The Balaban J connectivity index is 2.82. The Morgan fingerprint density at radius 1 is 1.45 bits per heavy atom. The molecular weight excluding hydrogens is 152 g/mol. The Hall–Kier alpha value is -1.00. The molecule has 0 spiro atoms. The molecule has 3 nitrogen and oxygen atoms in total. The van der Waals surface area contributed by atoms with Crippen molar-refractivity contribution >= 4 is 0 Å². The third-order valence-corrected chi connectivity index (χ3v) is 1.32. The number of alkyl halides is 2. The molecule has 5 heteroatoms. The lowest BCUT2D eigenvalue weighted by Crippen LogP contribution is -1.97. The largest absolute Gasteiger partial charge is 0.334 e. The van der Waals surface area contributed by atoms with E-state index in [0.717, 1.165) is 0 Å². The molecule has 1 aromatic heterocycles. The third kappa shape index (κ3) is 1.72. The summed E-state index contributed by atoms with van der Waals surface area (Å²) in [6.07, 6.45) is 1.26. The van der Waals surface area contributed by atoms with E-state index < -0.39 is 6.55 Å². The van der Waals surface area contributed by atoms with Crippen LogP contribution < -0.4 is 0 Å². The number of hydrogen-bond acceptors (Lipinski definition) is 2. The second-order valence-electron chi connectivity index (χ2n) is 2.56. The molecule has 0 saturated carbocycles. The maximum Gasteiger partial charge on any atom is 0.334 e. The molecule has 0 unspecified atom stereocenters. The highest BCUT2D eigenvalue weighted by Gasteiger charge is 2.10. The van der Waals surface area contributed by atoms with Gasteiger partial charge in [-0.05, 0) is 5.92 Å². The number of halogens is 2. The molecule has 0 aliphatic carbocycles. The Kier molecular flexibility index (Phi) is 2.16. The van der Waals surface area contributed by atoms with Crippen molar-refractivity contribution in [3.63, 3.8) is 0 Å². The SMILES string of the molecule is CC(C)c1cn(C(F)F)nn1. The van der Waals surface area contributed by atoms with Gasteiger partial charge in [-0.1, -0.05) is 19.1 Å². The van der Waals surface area contributed by atoms with Gasteiger partial charge in [-0.3, -0.25) is 0 Å². The van der Waals surface area contributed by atoms with E-state index in [1.165, 1.54) is 6.20 Å². The van der Waals surface area contributed by atoms with Gasteiger partial charge >= 0.3 is 6.55 Å². The summed E-state index contributed by atoms with van der Waals surface area (Å²) < 4.78 is 24.4. The topological polar surface area (TPSA) is 30.7 Å². The Morgan fingerprint density at radius 2 is 2.09 bits per heavy atom. The first kappa shape index (κ1) is 8.10. The molecule has 1 rings (SSSR count). The average molecular weight is 161 g/mol. The van der Waals surface area contributed by atoms with Gasteiger partial charge in [-0.2, -0.15) is 13.5 Å². The summed E-state index contributed by atoms with van der Waals surface area (Å²) in [4.78, 5) is 0. The van der Waals surface area contributed by atoms with Crippen molar-refractivity contribution in [2.45, 2.75) is 26.3 Å². The van der Waals surface area contributed by atoms with Gasteiger partial charge in [0.05, 0.1) is 11.9 Å². The molecule has 62 valence electrons. The van der Waals surface area contributed by atoms with E-state index in [2.05, 4.69) is 10.3 Å². The van der Waals surface area contributed by atoms with Gasteiger partial charge in [0.25, 0.3) is 0 Å². The first-order valence-corrected chi connectivity index (χ1v) is 3.31. The zero-order chi connectivity index (χ0) is 8.43. The van der Waals surface area contributed by atoms with Gasteiger partial charge in [0, 0.05) is 0 Å². The highest BCUT2D eigenvalue weighted by Crippen LogP contribution is 2.13. The van der Waals surface area contributed by atoms with Crippen LogP contribution in [0, 0.1) is 0 Å². The van der Waals surface area contributed by atoms with Gasteiger partial charge in [0.2, 0.25) is 0 Å². The minimum absolute atomic E-state index is 0.141. The number of hydrogen-bond donors (Lipinski definition) is 0. The van der Waals surface area contributed by atoms with Gasteiger partial charge in [0.15, 0.2) is 0 Å². The van der Waals surface area contributed by atoms with Crippen molar-refractivity contribution in [3.05, 3.63) is 11.9 Å². The van der Waals surface area contributed by atoms with E-state index >= 15 is 0 Å². The van der Waals surface area contributed by atoms with Gasteiger partial charge in [-0.25, -0.2) is 0 Å². The van der Waals surface area contributed by atoms with Crippen LogP contribution in [-0.2, 0) is 0 Å². The molecular formula is C6H9F2N3. The summed E-state index contributed by atoms with van der Waals surface area (Å²) in [6.45, 7) is 1.16. The lowest BCUT2D eigenvalue weighted by Gasteiger charge is -1.95. The summed E-state index contributed by atoms with van der Waals surface area (Å²) in [5.74, 6) is 0.141. The molecule has 0 fully saturated rings. The molecule has 0 aliphatic heterocycles. The molecule has 0 saturated heterocycles. The molecule has 0 amide bonds. The first-order valence-electron chi connectivity index (χ1n) is 3.31. The molecule has 0 aromatic carbocycles. The lowest BCUT2D eigenvalue weighted by molar-refractivity contribution is 0.0546. The fraction of sp³-hybridized carbons (Fsp3) is 0.667. The smallest absolute Gasteiger partial charge is 0.191 e. The van der Waals surface area contributed by atoms with E-state index in [9.17, 15) is 8.78 Å². The minimum atomic E-state index is -2.59. The predicted molar refractivity (Wildman–Crippen MR) is 35.4 cm³/mol. The average Bonchev–Trinajstić information content (AvgIpc) is 2.33. The van der Waals surface area contributed by atoms with Crippen molar-refractivity contribution in [1.29, 1.82) is 0 Å². The highest BCUT2D eigenvalue weighted by atomic mass is 19.3. The van der Waals surface area contributed by atoms with Crippen molar-refractivity contribution in [2.75, 3.05) is 0 Å². The van der Waals surface area contributed by atoms with Crippen LogP contribution in [0.3, 0.4) is 0 Å². The van der Waals surface area contributed by atoms with Gasteiger partial charge in [-0.15, -0.1) is 5.10 Å². The van der Waals surface area contributed by atoms with Crippen LogP contribution >= 0.6 is 0 Å². The second-order valence-corrected chi connectivity index (χ2v) is 2.56. The monoisotopic (exact) mass is 161 g/mol. The summed E-state index contributed by atoms with van der Waals surface area (Å²) in [6, 6.07) is 0. The van der Waals surface area contributed by atoms with E-state index in [-0.39, 0.29) is 5.92 Å². The third-order valence-electron chi connectivity index (χ3n) is 1.32. The van der Waals surface area contributed by atoms with Crippen LogP contribution in [0.1, 0.15) is 32.0 Å². The summed E-state index contributed by atoms with van der Waals surface area (Å²) in [7, 11) is 0. The molecule has 0 radical (unpaired) electrons. The van der Waals surface area contributed by atoms with E-state index in [1.807, 2.05) is 13.8 Å². The minimum Gasteiger partial charge on any atom is -0.191 e. The van der Waals surface area contributed by atoms with E-state index in [4.69, 9.17) is 0 Å². The fourth-order valence-electron chi connectivity index (χ4n) is 0.650.